The lowest BCUT2D eigenvalue weighted by atomic mass is 9.82. The highest BCUT2D eigenvalue weighted by Gasteiger charge is 2.31. The second kappa shape index (κ2) is 7.42. The molecule has 0 N–H and O–H groups in total. The molecule has 0 amide bonds. The average molecular weight is 396 g/mol. The van der Waals surface area contributed by atoms with Crippen molar-refractivity contribution in [1.29, 1.82) is 0 Å². The Morgan fingerprint density at radius 1 is 1.14 bits per heavy atom. The SMILES string of the molecule is Cn1c(-c2ccc(=O)n(CCF)n2)nnc1N1CCc2ccccc2C(C)(C)C1. The molecule has 8 heteroatoms. The van der Waals surface area contributed by atoms with Crippen LogP contribution in [0.1, 0.15) is 25.0 Å². The lowest BCUT2D eigenvalue weighted by molar-refractivity contribution is 0.418. The zero-order valence-corrected chi connectivity index (χ0v) is 17.0. The molecule has 0 saturated carbocycles. The van der Waals surface area contributed by atoms with Crippen molar-refractivity contribution in [2.45, 2.75) is 32.2 Å². The van der Waals surface area contributed by atoms with Gasteiger partial charge in [0.2, 0.25) is 5.95 Å². The van der Waals surface area contributed by atoms with Crippen LogP contribution in [0.15, 0.2) is 41.2 Å². The van der Waals surface area contributed by atoms with Crippen molar-refractivity contribution in [3.8, 4) is 11.5 Å². The maximum Gasteiger partial charge on any atom is 0.266 e. The fourth-order valence-electron chi connectivity index (χ4n) is 4.09. The van der Waals surface area contributed by atoms with E-state index < -0.39 is 6.67 Å². The Balaban J connectivity index is 1.68. The van der Waals surface area contributed by atoms with Crippen LogP contribution in [0.5, 0.6) is 0 Å². The number of halogens is 1. The van der Waals surface area contributed by atoms with Gasteiger partial charge in [-0.2, -0.15) is 5.10 Å². The summed E-state index contributed by atoms with van der Waals surface area (Å²) in [5.74, 6) is 1.30. The number of benzene rings is 1. The van der Waals surface area contributed by atoms with Crippen LogP contribution in [-0.4, -0.2) is 44.3 Å². The molecule has 1 aliphatic heterocycles. The first-order valence-corrected chi connectivity index (χ1v) is 9.78. The topological polar surface area (TPSA) is 68.8 Å². The Labute approximate surface area is 168 Å². The first kappa shape index (κ1) is 19.3. The molecule has 0 aliphatic carbocycles. The molecule has 29 heavy (non-hydrogen) atoms. The minimum Gasteiger partial charge on any atom is -0.340 e. The van der Waals surface area contributed by atoms with Crippen molar-refractivity contribution >= 4 is 5.95 Å². The molecule has 3 heterocycles. The number of nitrogens with zero attached hydrogens (tertiary/aromatic N) is 6. The molecule has 0 unspecified atom stereocenters. The fourth-order valence-corrected chi connectivity index (χ4v) is 4.09. The number of aryl methyl sites for hydroxylation is 1. The second-order valence-electron chi connectivity index (χ2n) is 8.06. The van der Waals surface area contributed by atoms with E-state index >= 15 is 0 Å². The smallest absolute Gasteiger partial charge is 0.266 e. The van der Waals surface area contributed by atoms with E-state index in [1.54, 1.807) is 6.07 Å². The van der Waals surface area contributed by atoms with Gasteiger partial charge >= 0.3 is 0 Å². The zero-order chi connectivity index (χ0) is 20.6. The number of fused-ring (bicyclic) bond motifs is 1. The van der Waals surface area contributed by atoms with Crippen LogP contribution >= 0.6 is 0 Å². The van der Waals surface area contributed by atoms with Crippen molar-refractivity contribution in [3.63, 3.8) is 0 Å². The largest absolute Gasteiger partial charge is 0.340 e. The molecule has 0 atom stereocenters. The maximum atomic E-state index is 12.7. The molecule has 1 aromatic carbocycles. The first-order valence-electron chi connectivity index (χ1n) is 9.78. The summed E-state index contributed by atoms with van der Waals surface area (Å²) in [7, 11) is 1.89. The van der Waals surface area contributed by atoms with Crippen LogP contribution in [0.2, 0.25) is 0 Å². The van der Waals surface area contributed by atoms with Gasteiger partial charge in [-0.3, -0.25) is 9.36 Å². The van der Waals surface area contributed by atoms with Crippen LogP contribution in [0.3, 0.4) is 0 Å². The Morgan fingerprint density at radius 2 is 1.93 bits per heavy atom. The van der Waals surface area contributed by atoms with E-state index in [1.807, 2.05) is 11.6 Å². The summed E-state index contributed by atoms with van der Waals surface area (Å²) >= 11 is 0. The molecule has 0 fully saturated rings. The van der Waals surface area contributed by atoms with E-state index in [2.05, 4.69) is 58.3 Å². The minimum absolute atomic E-state index is 0.0359. The molecular formula is C21H25FN6O. The van der Waals surface area contributed by atoms with E-state index in [9.17, 15) is 9.18 Å². The highest BCUT2D eigenvalue weighted by Crippen LogP contribution is 2.32. The van der Waals surface area contributed by atoms with Gasteiger partial charge in [-0.25, -0.2) is 9.07 Å². The highest BCUT2D eigenvalue weighted by molar-refractivity contribution is 5.52. The van der Waals surface area contributed by atoms with Gasteiger partial charge in [0.1, 0.15) is 12.4 Å². The second-order valence-corrected chi connectivity index (χ2v) is 8.06. The van der Waals surface area contributed by atoms with Gasteiger partial charge in [-0.1, -0.05) is 38.1 Å². The molecule has 0 spiro atoms. The summed E-state index contributed by atoms with van der Waals surface area (Å²) in [6.45, 7) is 5.41. The van der Waals surface area contributed by atoms with Gasteiger partial charge < -0.3 is 4.90 Å². The van der Waals surface area contributed by atoms with Gasteiger partial charge in [-0.15, -0.1) is 10.2 Å². The summed E-state index contributed by atoms with van der Waals surface area (Å²) < 4.78 is 15.7. The summed E-state index contributed by atoms with van der Waals surface area (Å²) in [4.78, 5) is 14.1. The van der Waals surface area contributed by atoms with Crippen molar-refractivity contribution in [3.05, 3.63) is 57.9 Å². The van der Waals surface area contributed by atoms with Crippen molar-refractivity contribution in [2.75, 3.05) is 24.7 Å². The standard InChI is InChI=1S/C21H25FN6O/c1-21(2)14-27(12-10-15-6-4-5-7-16(15)21)20-24-23-19(26(20)3)17-8-9-18(29)28(25-17)13-11-22/h4-9H,10-14H2,1-3H3. The molecule has 7 nitrogen and oxygen atoms in total. The zero-order valence-electron chi connectivity index (χ0n) is 17.0. The summed E-state index contributed by atoms with van der Waals surface area (Å²) in [6, 6.07) is 11.6. The molecule has 0 saturated heterocycles. The number of alkyl halides is 1. The number of anilines is 1. The number of hydrogen-bond donors (Lipinski definition) is 0. The molecular weight excluding hydrogens is 371 g/mol. The molecule has 2 aromatic heterocycles. The monoisotopic (exact) mass is 396 g/mol. The molecule has 4 rings (SSSR count). The normalized spacial score (nSPS) is 15.8. The van der Waals surface area contributed by atoms with Crippen LogP contribution < -0.4 is 10.5 Å². The Hall–Kier alpha value is -3.03. The number of hydrogen-bond acceptors (Lipinski definition) is 5. The first-order chi connectivity index (χ1) is 13.9. The van der Waals surface area contributed by atoms with E-state index in [-0.39, 0.29) is 17.5 Å². The van der Waals surface area contributed by atoms with Gasteiger partial charge in [0.05, 0.1) is 6.54 Å². The quantitative estimate of drug-likeness (QED) is 0.677. The van der Waals surface area contributed by atoms with Crippen LogP contribution in [0.4, 0.5) is 10.3 Å². The Bertz CT molecular complexity index is 1090. The lowest BCUT2D eigenvalue weighted by Crippen LogP contribution is -2.37. The molecule has 1 aliphatic rings. The van der Waals surface area contributed by atoms with E-state index in [1.165, 1.54) is 17.2 Å². The molecule has 152 valence electrons. The van der Waals surface area contributed by atoms with Gasteiger partial charge in [0, 0.05) is 31.6 Å². The van der Waals surface area contributed by atoms with Crippen LogP contribution in [-0.2, 0) is 25.4 Å². The van der Waals surface area contributed by atoms with Crippen molar-refractivity contribution in [1.82, 2.24) is 24.5 Å². The average Bonchev–Trinajstić information content (AvgIpc) is 3.02. The third-order valence-electron chi connectivity index (χ3n) is 5.51. The number of rotatable bonds is 4. The highest BCUT2D eigenvalue weighted by atomic mass is 19.1. The number of aromatic nitrogens is 5. The molecule has 0 radical (unpaired) electrons. The van der Waals surface area contributed by atoms with Crippen molar-refractivity contribution < 1.29 is 4.39 Å². The minimum atomic E-state index is -0.649. The summed E-state index contributed by atoms with van der Waals surface area (Å²) in [6.07, 6.45) is 0.932. The van der Waals surface area contributed by atoms with E-state index in [0.717, 1.165) is 30.1 Å². The third-order valence-corrected chi connectivity index (χ3v) is 5.51. The van der Waals surface area contributed by atoms with Gasteiger partial charge in [0.15, 0.2) is 5.82 Å². The van der Waals surface area contributed by atoms with Crippen LogP contribution in [0, 0.1) is 0 Å². The molecule has 0 bridgehead atoms. The van der Waals surface area contributed by atoms with Crippen LogP contribution in [0.25, 0.3) is 11.5 Å². The maximum absolute atomic E-state index is 12.7. The lowest BCUT2D eigenvalue weighted by Gasteiger charge is -2.31. The third kappa shape index (κ3) is 3.54. The van der Waals surface area contributed by atoms with Crippen molar-refractivity contribution in [2.24, 2.45) is 7.05 Å². The predicted molar refractivity (Wildman–Crippen MR) is 110 cm³/mol. The van der Waals surface area contributed by atoms with E-state index in [0.29, 0.717) is 11.5 Å². The molecule has 3 aromatic rings. The van der Waals surface area contributed by atoms with Gasteiger partial charge in [0.25, 0.3) is 5.56 Å². The Morgan fingerprint density at radius 3 is 2.72 bits per heavy atom. The Kier molecular flexibility index (Phi) is 4.94. The fraction of sp³-hybridized carbons (Fsp3) is 0.429. The summed E-state index contributed by atoms with van der Waals surface area (Å²) in [5.41, 5.74) is 2.86. The predicted octanol–water partition coefficient (Wildman–Crippen LogP) is 2.35. The van der Waals surface area contributed by atoms with E-state index in [4.69, 9.17) is 0 Å². The summed E-state index contributed by atoms with van der Waals surface area (Å²) in [5, 5.41) is 13.0. The van der Waals surface area contributed by atoms with Gasteiger partial charge in [-0.05, 0) is 23.6 Å².